The number of thioether (sulfide) groups is 1. The van der Waals surface area contributed by atoms with E-state index in [1.165, 1.54) is 25.3 Å². The summed E-state index contributed by atoms with van der Waals surface area (Å²) in [7, 11) is 2.01. The summed E-state index contributed by atoms with van der Waals surface area (Å²) >= 11 is 1.73. The van der Waals surface area contributed by atoms with Crippen LogP contribution in [0.2, 0.25) is 0 Å². The van der Waals surface area contributed by atoms with Crippen LogP contribution in [0.15, 0.2) is 29.2 Å². The summed E-state index contributed by atoms with van der Waals surface area (Å²) in [5.41, 5.74) is 0. The van der Waals surface area contributed by atoms with E-state index in [4.69, 9.17) is 0 Å². The van der Waals surface area contributed by atoms with Crippen LogP contribution in [0.3, 0.4) is 0 Å². The zero-order valence-corrected chi connectivity index (χ0v) is 12.4. The fourth-order valence-electron chi connectivity index (χ4n) is 2.05. The average molecular weight is 269 g/mol. The van der Waals surface area contributed by atoms with Gasteiger partial charge in [-0.3, -0.25) is 0 Å². The van der Waals surface area contributed by atoms with Crippen LogP contribution in [0.25, 0.3) is 0 Å². The Kier molecular flexibility index (Phi) is 7.36. The molecule has 0 radical (unpaired) electrons. The van der Waals surface area contributed by atoms with Gasteiger partial charge in [-0.1, -0.05) is 32.8 Å². The summed E-state index contributed by atoms with van der Waals surface area (Å²) in [6.45, 7) is 4.50. The van der Waals surface area contributed by atoms with Gasteiger partial charge in [-0.15, -0.1) is 11.8 Å². The first-order valence-electron chi connectivity index (χ1n) is 6.75. The number of halogens is 1. The van der Waals surface area contributed by atoms with Gasteiger partial charge in [0.1, 0.15) is 5.82 Å². The lowest BCUT2D eigenvalue weighted by molar-refractivity contribution is 0.397. The van der Waals surface area contributed by atoms with Gasteiger partial charge in [-0.2, -0.15) is 0 Å². The number of nitrogens with one attached hydrogen (secondary N) is 1. The van der Waals surface area contributed by atoms with Crippen molar-refractivity contribution in [1.29, 1.82) is 0 Å². The zero-order chi connectivity index (χ0) is 13.4. The Morgan fingerprint density at radius 2 is 2.00 bits per heavy atom. The first kappa shape index (κ1) is 15.5. The quantitative estimate of drug-likeness (QED) is 0.705. The minimum atomic E-state index is -0.152. The van der Waals surface area contributed by atoms with E-state index in [0.29, 0.717) is 6.04 Å². The van der Waals surface area contributed by atoms with Crippen molar-refractivity contribution in [3.63, 3.8) is 0 Å². The van der Waals surface area contributed by atoms with Crippen molar-refractivity contribution in [1.82, 2.24) is 5.32 Å². The van der Waals surface area contributed by atoms with Gasteiger partial charge in [0.05, 0.1) is 0 Å². The molecule has 0 amide bonds. The maximum absolute atomic E-state index is 13.1. The van der Waals surface area contributed by atoms with Crippen molar-refractivity contribution < 1.29 is 4.39 Å². The minimum absolute atomic E-state index is 0.152. The summed E-state index contributed by atoms with van der Waals surface area (Å²) in [5, 5.41) is 3.37. The molecule has 1 atom stereocenters. The molecule has 102 valence electrons. The fraction of sp³-hybridized carbons (Fsp3) is 0.600. The molecule has 1 rings (SSSR count). The summed E-state index contributed by atoms with van der Waals surface area (Å²) in [6, 6.07) is 7.34. The lowest BCUT2D eigenvalue weighted by Crippen LogP contribution is -2.30. The fourth-order valence-corrected chi connectivity index (χ4v) is 3.11. The third-order valence-corrected chi connectivity index (χ3v) is 4.58. The Hall–Kier alpha value is -0.540. The first-order valence-corrected chi connectivity index (χ1v) is 7.73. The summed E-state index contributed by atoms with van der Waals surface area (Å²) in [4.78, 5) is 1.01. The summed E-state index contributed by atoms with van der Waals surface area (Å²) < 4.78 is 13.1. The number of benzene rings is 1. The molecule has 1 aromatic carbocycles. The molecular formula is C15H24FNS. The average Bonchev–Trinajstić information content (AvgIpc) is 2.39. The predicted octanol–water partition coefficient (Wildman–Crippen LogP) is 4.33. The van der Waals surface area contributed by atoms with E-state index in [1.54, 1.807) is 23.9 Å². The molecule has 0 fully saturated rings. The van der Waals surface area contributed by atoms with Crippen LogP contribution in [0.1, 0.15) is 33.1 Å². The van der Waals surface area contributed by atoms with Crippen molar-refractivity contribution in [3.05, 3.63) is 30.1 Å². The van der Waals surface area contributed by atoms with Crippen LogP contribution in [0.5, 0.6) is 0 Å². The Balaban J connectivity index is 2.44. The van der Waals surface area contributed by atoms with Gasteiger partial charge in [0.2, 0.25) is 0 Å². The molecule has 0 heterocycles. The Morgan fingerprint density at radius 3 is 2.56 bits per heavy atom. The Bertz CT molecular complexity index is 339. The number of hydrogen-bond acceptors (Lipinski definition) is 2. The largest absolute Gasteiger partial charge is 0.316 e. The highest BCUT2D eigenvalue weighted by Gasteiger charge is 2.12. The van der Waals surface area contributed by atoms with Gasteiger partial charge in [0.15, 0.2) is 0 Å². The van der Waals surface area contributed by atoms with E-state index in [2.05, 4.69) is 19.2 Å². The summed E-state index contributed by atoms with van der Waals surface area (Å²) in [6.07, 6.45) is 3.67. The van der Waals surface area contributed by atoms with Crippen molar-refractivity contribution in [2.24, 2.45) is 5.92 Å². The molecule has 1 unspecified atom stereocenters. The van der Waals surface area contributed by atoms with Crippen LogP contribution in [0.4, 0.5) is 4.39 Å². The van der Waals surface area contributed by atoms with Crippen LogP contribution in [-0.4, -0.2) is 18.8 Å². The van der Waals surface area contributed by atoms with E-state index in [0.717, 1.165) is 16.6 Å². The van der Waals surface area contributed by atoms with Crippen LogP contribution >= 0.6 is 11.8 Å². The van der Waals surface area contributed by atoms with E-state index < -0.39 is 0 Å². The van der Waals surface area contributed by atoms with Crippen molar-refractivity contribution >= 4 is 11.8 Å². The molecule has 0 aliphatic carbocycles. The van der Waals surface area contributed by atoms with E-state index in [9.17, 15) is 4.39 Å². The maximum atomic E-state index is 13.1. The highest BCUT2D eigenvalue weighted by Crippen LogP contribution is 2.23. The zero-order valence-electron chi connectivity index (χ0n) is 11.6. The van der Waals surface area contributed by atoms with Gasteiger partial charge in [-0.05, 0) is 37.6 Å². The second kappa shape index (κ2) is 8.54. The molecule has 1 aromatic rings. The predicted molar refractivity (Wildman–Crippen MR) is 78.7 cm³/mol. The van der Waals surface area contributed by atoms with E-state index in [1.807, 2.05) is 13.1 Å². The van der Waals surface area contributed by atoms with Gasteiger partial charge >= 0.3 is 0 Å². The third kappa shape index (κ3) is 5.40. The molecule has 1 N–H and O–H groups in total. The van der Waals surface area contributed by atoms with E-state index in [-0.39, 0.29) is 5.82 Å². The first-order chi connectivity index (χ1) is 8.69. The molecular weight excluding hydrogens is 245 g/mol. The van der Waals surface area contributed by atoms with E-state index >= 15 is 0 Å². The van der Waals surface area contributed by atoms with Crippen molar-refractivity contribution in [2.45, 2.75) is 44.0 Å². The van der Waals surface area contributed by atoms with Crippen LogP contribution in [0, 0.1) is 11.7 Å². The molecule has 0 bridgehead atoms. The normalized spacial score (nSPS) is 12.9. The molecule has 18 heavy (non-hydrogen) atoms. The minimum Gasteiger partial charge on any atom is -0.316 e. The summed E-state index contributed by atoms with van der Waals surface area (Å²) in [5.74, 6) is 1.63. The second-order valence-corrected chi connectivity index (χ2v) is 5.77. The van der Waals surface area contributed by atoms with Crippen molar-refractivity contribution in [3.8, 4) is 0 Å². The van der Waals surface area contributed by atoms with Crippen LogP contribution < -0.4 is 5.32 Å². The second-order valence-electron chi connectivity index (χ2n) is 4.67. The lowest BCUT2D eigenvalue weighted by Gasteiger charge is -2.21. The smallest absolute Gasteiger partial charge is 0.124 e. The molecule has 0 saturated carbocycles. The van der Waals surface area contributed by atoms with Gasteiger partial charge in [0.25, 0.3) is 0 Å². The Labute approximate surface area is 115 Å². The molecule has 0 spiro atoms. The molecule has 0 aromatic heterocycles. The third-order valence-electron chi connectivity index (χ3n) is 3.43. The Morgan fingerprint density at radius 1 is 1.28 bits per heavy atom. The number of hydrogen-bond donors (Lipinski definition) is 1. The molecule has 0 aliphatic heterocycles. The standard InChI is InChI=1S/C15H24FNS/c1-4-12(5-2)9-14(17-3)11-18-15-8-6-7-13(16)10-15/h6-8,10,12,14,17H,4-5,9,11H2,1-3H3. The molecule has 3 heteroatoms. The molecule has 0 aliphatic rings. The van der Waals surface area contributed by atoms with Gasteiger partial charge in [0, 0.05) is 16.7 Å². The SMILES string of the molecule is CCC(CC)CC(CSc1cccc(F)c1)NC. The molecule has 0 saturated heterocycles. The van der Waals surface area contributed by atoms with Gasteiger partial charge < -0.3 is 5.32 Å². The topological polar surface area (TPSA) is 12.0 Å². The monoisotopic (exact) mass is 269 g/mol. The maximum Gasteiger partial charge on any atom is 0.124 e. The van der Waals surface area contributed by atoms with Crippen LogP contribution in [-0.2, 0) is 0 Å². The highest BCUT2D eigenvalue weighted by molar-refractivity contribution is 7.99. The van der Waals surface area contributed by atoms with Gasteiger partial charge in [-0.25, -0.2) is 4.39 Å². The van der Waals surface area contributed by atoms with Crippen molar-refractivity contribution in [2.75, 3.05) is 12.8 Å². The molecule has 1 nitrogen and oxygen atoms in total. The highest BCUT2D eigenvalue weighted by atomic mass is 32.2. The number of rotatable bonds is 8. The lowest BCUT2D eigenvalue weighted by atomic mass is 9.95.